The maximum Gasteiger partial charge on any atom is 0.311 e. The number of para-hydroxylation sites is 1. The Kier molecular flexibility index (Phi) is 8.91. The molecule has 3 fully saturated rings. The highest BCUT2D eigenvalue weighted by atomic mass is 32.2. The Bertz CT molecular complexity index is 1390. The summed E-state index contributed by atoms with van der Waals surface area (Å²) in [5.74, 6) is -2.31. The van der Waals surface area contributed by atoms with Crippen LogP contribution < -0.4 is 4.90 Å². The summed E-state index contributed by atoms with van der Waals surface area (Å²) in [6, 6.07) is 13.6. The average Bonchev–Trinajstić information content (AvgIpc) is 3.56. The van der Waals surface area contributed by atoms with E-state index in [0.29, 0.717) is 19.3 Å². The first-order chi connectivity index (χ1) is 20.6. The Balaban J connectivity index is 1.64. The first kappa shape index (κ1) is 31.1. The zero-order chi connectivity index (χ0) is 30.9. The van der Waals surface area contributed by atoms with Gasteiger partial charge in [0.1, 0.15) is 6.04 Å². The van der Waals surface area contributed by atoms with Crippen molar-refractivity contribution in [3.8, 4) is 0 Å². The van der Waals surface area contributed by atoms with Crippen molar-refractivity contribution in [2.75, 3.05) is 24.7 Å². The summed E-state index contributed by atoms with van der Waals surface area (Å²) in [5.41, 5.74) is 3.42. The number of carbonyl (C=O) groups excluding carboxylic acids is 3. The summed E-state index contributed by atoms with van der Waals surface area (Å²) in [4.78, 5) is 46.9. The van der Waals surface area contributed by atoms with Crippen molar-refractivity contribution >= 4 is 35.2 Å². The number of ether oxygens (including phenoxy) is 1. The normalized spacial score (nSPS) is 28.0. The molecule has 3 heterocycles. The van der Waals surface area contributed by atoms with E-state index in [1.807, 2.05) is 69.3 Å². The third-order valence-electron chi connectivity index (χ3n) is 9.48. The van der Waals surface area contributed by atoms with E-state index in [1.54, 1.807) is 33.7 Å². The summed E-state index contributed by atoms with van der Waals surface area (Å²) in [6.07, 6.45) is 6.18. The number of amides is 2. The molecule has 0 aliphatic carbocycles. The van der Waals surface area contributed by atoms with Crippen molar-refractivity contribution in [2.24, 2.45) is 11.8 Å². The first-order valence-electron chi connectivity index (χ1n) is 15.1. The van der Waals surface area contributed by atoms with Gasteiger partial charge in [-0.3, -0.25) is 14.4 Å². The molecule has 8 heteroatoms. The molecule has 7 nitrogen and oxygen atoms in total. The molecule has 2 amide bonds. The molecule has 2 unspecified atom stereocenters. The highest BCUT2D eigenvalue weighted by Crippen LogP contribution is 2.72. The molecule has 2 aromatic carbocycles. The van der Waals surface area contributed by atoms with Crippen LogP contribution in [0.25, 0.3) is 0 Å². The summed E-state index contributed by atoms with van der Waals surface area (Å²) in [5, 5.41) is 10.8. The van der Waals surface area contributed by atoms with Crippen LogP contribution >= 0.6 is 11.8 Å². The van der Waals surface area contributed by atoms with Crippen molar-refractivity contribution in [3.05, 3.63) is 90.5 Å². The monoisotopic (exact) mass is 602 g/mol. The molecule has 3 saturated heterocycles. The van der Waals surface area contributed by atoms with Gasteiger partial charge in [0.15, 0.2) is 0 Å². The Morgan fingerprint density at radius 3 is 2.44 bits per heavy atom. The molecular weight excluding hydrogens is 560 g/mol. The van der Waals surface area contributed by atoms with Crippen LogP contribution in [0.3, 0.4) is 0 Å². The number of hydrogen-bond acceptors (Lipinski definition) is 6. The summed E-state index contributed by atoms with van der Waals surface area (Å²) in [7, 11) is 0. The standard InChI is InChI=1S/C35H42N2O5S/c1-6-8-12-21-42-33(41)28-27-31(39)37(26(22-38)25-16-10-9-11-17-25)30(35(27)19-18-34(28,5)43-35)32(40)36(20-7-2)29-23(3)14-13-15-24(29)4/h6-7,9-11,13-17,26-28,30,38H,1-2,8,12,18-22H2,3-5H3/t26-,27+,28-,30?,34+,35?/m1/s1. The number of carbonyl (C=O) groups is 3. The number of aliphatic hydroxyl groups is 1. The number of unbranched alkanes of at least 4 members (excludes halogenated alkanes) is 1. The predicted molar refractivity (Wildman–Crippen MR) is 171 cm³/mol. The Morgan fingerprint density at radius 2 is 1.81 bits per heavy atom. The van der Waals surface area contributed by atoms with Gasteiger partial charge in [-0.15, -0.1) is 24.9 Å². The fraction of sp³-hybridized carbons (Fsp3) is 0.457. The third-order valence-corrected chi connectivity index (χ3v) is 11.5. The highest BCUT2D eigenvalue weighted by Gasteiger charge is 2.78. The first-order valence-corrected chi connectivity index (χ1v) is 15.9. The van der Waals surface area contributed by atoms with E-state index in [1.165, 1.54) is 0 Å². The van der Waals surface area contributed by atoms with Crippen LogP contribution in [0.4, 0.5) is 5.69 Å². The Labute approximate surface area is 259 Å². The number of nitrogens with zero attached hydrogens (tertiary/aromatic N) is 2. The summed E-state index contributed by atoms with van der Waals surface area (Å²) < 4.78 is 4.38. The van der Waals surface area contributed by atoms with Crippen LogP contribution in [0, 0.1) is 25.7 Å². The van der Waals surface area contributed by atoms with Gasteiger partial charge in [0.25, 0.3) is 5.91 Å². The lowest BCUT2D eigenvalue weighted by atomic mass is 9.66. The second-order valence-electron chi connectivity index (χ2n) is 12.2. The lowest BCUT2D eigenvalue weighted by Gasteiger charge is -2.40. The number of thioether (sulfide) groups is 1. The second kappa shape index (κ2) is 12.3. The molecule has 2 bridgehead atoms. The maximum atomic E-state index is 15.1. The van der Waals surface area contributed by atoms with Crippen molar-refractivity contribution < 1.29 is 24.2 Å². The Hall–Kier alpha value is -3.36. The van der Waals surface area contributed by atoms with E-state index < -0.39 is 33.4 Å². The maximum absolute atomic E-state index is 15.1. The van der Waals surface area contributed by atoms with Gasteiger partial charge < -0.3 is 19.6 Å². The minimum absolute atomic E-state index is 0.223. The van der Waals surface area contributed by atoms with Gasteiger partial charge >= 0.3 is 5.97 Å². The van der Waals surface area contributed by atoms with Crippen LogP contribution in [0.5, 0.6) is 0 Å². The van der Waals surface area contributed by atoms with Gasteiger partial charge in [0, 0.05) is 17.0 Å². The molecule has 2 aromatic rings. The molecule has 1 N–H and O–H groups in total. The Morgan fingerprint density at radius 1 is 1.12 bits per heavy atom. The number of fused-ring (bicyclic) bond motifs is 1. The molecular formula is C35H42N2O5S. The number of aryl methyl sites for hydroxylation is 2. The van der Waals surface area contributed by atoms with Crippen molar-refractivity contribution in [1.29, 1.82) is 0 Å². The van der Waals surface area contributed by atoms with Gasteiger partial charge in [-0.1, -0.05) is 60.7 Å². The van der Waals surface area contributed by atoms with Gasteiger partial charge in [-0.05, 0) is 63.1 Å². The number of hydrogen-bond donors (Lipinski definition) is 1. The molecule has 43 heavy (non-hydrogen) atoms. The van der Waals surface area contributed by atoms with Crippen molar-refractivity contribution in [3.63, 3.8) is 0 Å². The van der Waals surface area contributed by atoms with E-state index in [4.69, 9.17) is 4.74 Å². The fourth-order valence-corrected chi connectivity index (χ4v) is 9.98. The molecule has 3 aliphatic rings. The molecule has 1 spiro atoms. The number of rotatable bonds is 12. The van der Waals surface area contributed by atoms with Crippen LogP contribution in [0.2, 0.25) is 0 Å². The van der Waals surface area contributed by atoms with Crippen LogP contribution in [0.1, 0.15) is 55.3 Å². The molecule has 5 rings (SSSR count). The van der Waals surface area contributed by atoms with E-state index in [2.05, 4.69) is 13.2 Å². The number of allylic oxidation sites excluding steroid dienone is 1. The van der Waals surface area contributed by atoms with E-state index in [-0.39, 0.29) is 37.5 Å². The minimum atomic E-state index is -0.897. The lowest BCUT2D eigenvalue weighted by molar-refractivity contribution is -0.156. The summed E-state index contributed by atoms with van der Waals surface area (Å²) >= 11 is 1.60. The molecule has 0 aromatic heterocycles. The number of anilines is 1. The van der Waals surface area contributed by atoms with E-state index in [9.17, 15) is 14.7 Å². The van der Waals surface area contributed by atoms with Gasteiger partial charge in [-0.25, -0.2) is 0 Å². The second-order valence-corrected chi connectivity index (χ2v) is 14.1. The minimum Gasteiger partial charge on any atom is -0.465 e. The van der Waals surface area contributed by atoms with Crippen LogP contribution in [0.15, 0.2) is 73.8 Å². The zero-order valence-corrected chi connectivity index (χ0v) is 26.1. The van der Waals surface area contributed by atoms with Crippen LogP contribution in [-0.2, 0) is 19.1 Å². The van der Waals surface area contributed by atoms with Crippen molar-refractivity contribution in [1.82, 2.24) is 4.90 Å². The quantitative estimate of drug-likeness (QED) is 0.195. The third kappa shape index (κ3) is 5.12. The van der Waals surface area contributed by atoms with E-state index >= 15 is 4.79 Å². The molecule has 0 radical (unpaired) electrons. The fourth-order valence-electron chi connectivity index (χ4n) is 7.66. The molecule has 6 atom stereocenters. The van der Waals surface area contributed by atoms with E-state index in [0.717, 1.165) is 28.8 Å². The highest BCUT2D eigenvalue weighted by molar-refractivity contribution is 8.02. The topological polar surface area (TPSA) is 87.1 Å². The van der Waals surface area contributed by atoms with Crippen LogP contribution in [-0.4, -0.2) is 63.1 Å². The smallest absolute Gasteiger partial charge is 0.311 e. The number of aliphatic hydroxyl groups excluding tert-OH is 1. The largest absolute Gasteiger partial charge is 0.465 e. The van der Waals surface area contributed by atoms with Gasteiger partial charge in [0.2, 0.25) is 5.91 Å². The molecule has 3 aliphatic heterocycles. The summed E-state index contributed by atoms with van der Waals surface area (Å²) in [6.45, 7) is 13.8. The lowest BCUT2D eigenvalue weighted by Crippen LogP contribution is -2.56. The van der Waals surface area contributed by atoms with Gasteiger partial charge in [0.05, 0.1) is 35.8 Å². The average molecular weight is 603 g/mol. The predicted octanol–water partition coefficient (Wildman–Crippen LogP) is 5.55. The zero-order valence-electron chi connectivity index (χ0n) is 25.3. The van der Waals surface area contributed by atoms with Gasteiger partial charge in [-0.2, -0.15) is 0 Å². The number of benzene rings is 2. The molecule has 228 valence electrons. The molecule has 0 saturated carbocycles. The van der Waals surface area contributed by atoms with Crippen molar-refractivity contribution in [2.45, 2.75) is 68.0 Å². The SMILES string of the molecule is C=CCCCOC(=O)[C@H]1[C@H]2C(=O)N([C@H](CO)c3ccccc3)C(C(=O)N(CC=C)c3c(C)cccc3C)C23CC[C@]1(C)S3. The number of esters is 1. The number of likely N-dealkylation sites (tertiary alicyclic amines) is 1.